The van der Waals surface area contributed by atoms with E-state index in [1.807, 2.05) is 20.8 Å². The molecule has 0 aliphatic heterocycles. The molecule has 0 aromatic heterocycles. The average Bonchev–Trinajstić information content (AvgIpc) is 2.33. The molecular formula is C14H29N3O2. The molecule has 0 aliphatic carbocycles. The van der Waals surface area contributed by atoms with E-state index in [4.69, 9.17) is 9.47 Å². The zero-order valence-corrected chi connectivity index (χ0v) is 13.2. The number of nitriles is 1. The van der Waals surface area contributed by atoms with Crippen LogP contribution in [0, 0.1) is 11.3 Å². The molecule has 5 nitrogen and oxygen atoms in total. The number of rotatable bonds is 10. The molecule has 0 bridgehead atoms. The van der Waals surface area contributed by atoms with Crippen LogP contribution in [0.25, 0.3) is 0 Å². The van der Waals surface area contributed by atoms with Gasteiger partial charge in [-0.1, -0.05) is 0 Å². The van der Waals surface area contributed by atoms with Crippen molar-refractivity contribution in [3.8, 4) is 6.07 Å². The molecule has 2 unspecified atom stereocenters. The first-order valence-corrected chi connectivity index (χ1v) is 6.79. The summed E-state index contributed by atoms with van der Waals surface area (Å²) in [6.07, 6.45) is 0. The first kappa shape index (κ1) is 18.3. The Kier molecular flexibility index (Phi) is 8.94. The molecule has 0 saturated heterocycles. The van der Waals surface area contributed by atoms with E-state index in [9.17, 15) is 5.26 Å². The molecule has 0 aromatic carbocycles. The lowest BCUT2D eigenvalue weighted by molar-refractivity contribution is 0.0628. The highest BCUT2D eigenvalue weighted by atomic mass is 16.5. The lowest BCUT2D eigenvalue weighted by Gasteiger charge is -2.36. The summed E-state index contributed by atoms with van der Waals surface area (Å²) in [6, 6.07) is 2.90. The third-order valence-corrected chi connectivity index (χ3v) is 2.99. The first-order valence-electron chi connectivity index (χ1n) is 6.79. The number of methoxy groups -OCH3 is 2. The average molecular weight is 271 g/mol. The van der Waals surface area contributed by atoms with Crippen molar-refractivity contribution >= 4 is 0 Å². The van der Waals surface area contributed by atoms with Crippen LogP contribution >= 0.6 is 0 Å². The van der Waals surface area contributed by atoms with E-state index in [0.29, 0.717) is 19.8 Å². The summed E-state index contributed by atoms with van der Waals surface area (Å²) >= 11 is 0. The van der Waals surface area contributed by atoms with Gasteiger partial charge in [-0.3, -0.25) is 10.2 Å². The molecule has 112 valence electrons. The predicted octanol–water partition coefficient (Wildman–Crippen LogP) is 1.25. The number of nitrogens with zero attached hydrogens (tertiary/aromatic N) is 2. The predicted molar refractivity (Wildman–Crippen MR) is 77.1 cm³/mol. The van der Waals surface area contributed by atoms with Crippen molar-refractivity contribution in [3.05, 3.63) is 0 Å². The normalized spacial score (nSPS) is 16.4. The third kappa shape index (κ3) is 7.48. The summed E-state index contributed by atoms with van der Waals surface area (Å²) in [5, 5.41) is 12.7. The van der Waals surface area contributed by atoms with Crippen molar-refractivity contribution in [1.29, 1.82) is 5.26 Å². The highest BCUT2D eigenvalue weighted by Gasteiger charge is 2.29. The Morgan fingerprint density at radius 2 is 1.89 bits per heavy atom. The summed E-state index contributed by atoms with van der Waals surface area (Å²) in [7, 11) is 3.38. The third-order valence-electron chi connectivity index (χ3n) is 2.99. The molecule has 1 N–H and O–H groups in total. The van der Waals surface area contributed by atoms with Gasteiger partial charge in [-0.05, 0) is 27.7 Å². The van der Waals surface area contributed by atoms with E-state index in [1.54, 1.807) is 14.2 Å². The Morgan fingerprint density at radius 1 is 1.26 bits per heavy atom. The van der Waals surface area contributed by atoms with Crippen LogP contribution in [0.15, 0.2) is 0 Å². The highest BCUT2D eigenvalue weighted by Crippen LogP contribution is 2.10. The summed E-state index contributed by atoms with van der Waals surface area (Å²) in [5.74, 6) is 0. The van der Waals surface area contributed by atoms with Gasteiger partial charge in [0.1, 0.15) is 5.54 Å². The van der Waals surface area contributed by atoms with E-state index in [1.165, 1.54) is 0 Å². The molecule has 2 atom stereocenters. The standard InChI is InChI=1S/C14H29N3O2/c1-12(2)16-14(4,10-15)11-17(7-8-18-5)13(3)9-19-6/h12-13,16H,7-9,11H2,1-6H3. The monoisotopic (exact) mass is 271 g/mol. The lowest BCUT2D eigenvalue weighted by atomic mass is 10.0. The second kappa shape index (κ2) is 9.27. The zero-order chi connectivity index (χ0) is 14.9. The molecule has 19 heavy (non-hydrogen) atoms. The summed E-state index contributed by atoms with van der Waals surface area (Å²) in [6.45, 7) is 10.9. The van der Waals surface area contributed by atoms with Gasteiger partial charge in [0.05, 0.1) is 19.3 Å². The van der Waals surface area contributed by atoms with Crippen LogP contribution < -0.4 is 5.32 Å². The van der Waals surface area contributed by atoms with Crippen molar-refractivity contribution in [2.24, 2.45) is 0 Å². The topological polar surface area (TPSA) is 57.5 Å². The van der Waals surface area contributed by atoms with Crippen molar-refractivity contribution in [2.45, 2.75) is 45.3 Å². The maximum absolute atomic E-state index is 9.42. The molecule has 0 saturated carbocycles. The lowest BCUT2D eigenvalue weighted by Crippen LogP contribution is -2.55. The van der Waals surface area contributed by atoms with E-state index >= 15 is 0 Å². The molecule has 0 amide bonds. The molecule has 5 heteroatoms. The smallest absolute Gasteiger partial charge is 0.116 e. The van der Waals surface area contributed by atoms with E-state index in [0.717, 1.165) is 6.54 Å². The Hall–Kier alpha value is -0.670. The minimum atomic E-state index is -0.566. The largest absolute Gasteiger partial charge is 0.383 e. The molecular weight excluding hydrogens is 242 g/mol. The summed E-state index contributed by atoms with van der Waals surface area (Å²) < 4.78 is 10.4. The Morgan fingerprint density at radius 3 is 2.32 bits per heavy atom. The molecule has 0 spiro atoms. The van der Waals surface area contributed by atoms with Gasteiger partial charge in [-0.2, -0.15) is 5.26 Å². The van der Waals surface area contributed by atoms with Crippen molar-refractivity contribution in [1.82, 2.24) is 10.2 Å². The zero-order valence-electron chi connectivity index (χ0n) is 13.2. The maximum Gasteiger partial charge on any atom is 0.116 e. The van der Waals surface area contributed by atoms with E-state index < -0.39 is 5.54 Å². The maximum atomic E-state index is 9.42. The van der Waals surface area contributed by atoms with Crippen molar-refractivity contribution < 1.29 is 9.47 Å². The van der Waals surface area contributed by atoms with Gasteiger partial charge in [0.25, 0.3) is 0 Å². The quantitative estimate of drug-likeness (QED) is 0.648. The van der Waals surface area contributed by atoms with Gasteiger partial charge >= 0.3 is 0 Å². The minimum absolute atomic E-state index is 0.252. The van der Waals surface area contributed by atoms with Crippen LogP contribution in [-0.4, -0.2) is 63.0 Å². The SMILES string of the molecule is COCCN(CC(C)(C#N)NC(C)C)C(C)COC. The fraction of sp³-hybridized carbons (Fsp3) is 0.929. The second-order valence-electron chi connectivity index (χ2n) is 5.51. The second-order valence-corrected chi connectivity index (χ2v) is 5.51. The summed E-state index contributed by atoms with van der Waals surface area (Å²) in [5.41, 5.74) is -0.566. The Bertz CT molecular complexity index is 278. The fourth-order valence-electron chi connectivity index (χ4n) is 2.17. The van der Waals surface area contributed by atoms with Crippen LogP contribution in [0.4, 0.5) is 0 Å². The van der Waals surface area contributed by atoms with Gasteiger partial charge in [0, 0.05) is 39.4 Å². The van der Waals surface area contributed by atoms with Crippen LogP contribution in [0.5, 0.6) is 0 Å². The number of nitrogens with one attached hydrogen (secondary N) is 1. The van der Waals surface area contributed by atoms with Gasteiger partial charge < -0.3 is 9.47 Å². The summed E-state index contributed by atoms with van der Waals surface area (Å²) in [4.78, 5) is 2.23. The van der Waals surface area contributed by atoms with E-state index in [-0.39, 0.29) is 12.1 Å². The number of hydrogen-bond donors (Lipinski definition) is 1. The van der Waals surface area contributed by atoms with Gasteiger partial charge in [0.2, 0.25) is 0 Å². The van der Waals surface area contributed by atoms with E-state index in [2.05, 4.69) is 23.2 Å². The van der Waals surface area contributed by atoms with Crippen molar-refractivity contribution in [3.63, 3.8) is 0 Å². The van der Waals surface area contributed by atoms with Crippen molar-refractivity contribution in [2.75, 3.05) is 40.5 Å². The van der Waals surface area contributed by atoms with Crippen LogP contribution in [0.3, 0.4) is 0 Å². The number of hydrogen-bond acceptors (Lipinski definition) is 5. The molecule has 0 rings (SSSR count). The number of ether oxygens (including phenoxy) is 2. The Balaban J connectivity index is 4.71. The van der Waals surface area contributed by atoms with Gasteiger partial charge in [0.15, 0.2) is 0 Å². The molecule has 0 aliphatic rings. The molecule has 0 heterocycles. The van der Waals surface area contributed by atoms with Gasteiger partial charge in [-0.25, -0.2) is 0 Å². The fourth-order valence-corrected chi connectivity index (χ4v) is 2.17. The molecule has 0 fully saturated rings. The van der Waals surface area contributed by atoms with Crippen LogP contribution in [-0.2, 0) is 9.47 Å². The van der Waals surface area contributed by atoms with Crippen LogP contribution in [0.1, 0.15) is 27.7 Å². The highest BCUT2D eigenvalue weighted by molar-refractivity contribution is 5.06. The Labute approximate surface area is 117 Å². The van der Waals surface area contributed by atoms with Gasteiger partial charge in [-0.15, -0.1) is 0 Å². The first-order chi connectivity index (χ1) is 8.88. The van der Waals surface area contributed by atoms with Crippen LogP contribution in [0.2, 0.25) is 0 Å². The molecule has 0 radical (unpaired) electrons. The minimum Gasteiger partial charge on any atom is -0.383 e. The molecule has 0 aromatic rings.